The van der Waals surface area contributed by atoms with Gasteiger partial charge in [0.25, 0.3) is 0 Å². The van der Waals surface area contributed by atoms with Crippen LogP contribution in [0.1, 0.15) is 84.0 Å². The van der Waals surface area contributed by atoms with Crippen molar-refractivity contribution in [3.8, 4) is 0 Å². The van der Waals surface area contributed by atoms with Crippen LogP contribution >= 0.6 is 0 Å². The highest BCUT2D eigenvalue weighted by Crippen LogP contribution is 2.41. The van der Waals surface area contributed by atoms with E-state index in [4.69, 9.17) is 0 Å². The van der Waals surface area contributed by atoms with Gasteiger partial charge in [-0.15, -0.1) is 0 Å². The molecular weight excluding hydrogens is 486 g/mol. The van der Waals surface area contributed by atoms with Crippen LogP contribution < -0.4 is 5.43 Å². The molecule has 5 rings (SSSR count). The Hall–Kier alpha value is -0.740. The number of fused-ring (bicyclic) bond motifs is 1. The van der Waals surface area contributed by atoms with Gasteiger partial charge in [-0.25, -0.2) is 17.7 Å². The van der Waals surface area contributed by atoms with Crippen LogP contribution in [-0.2, 0) is 14.8 Å². The molecule has 4 unspecified atom stereocenters. The fraction of sp³-hybridized carbons (Fsp3) is 0.964. The fourth-order valence-electron chi connectivity index (χ4n) is 8.18. The number of hydrazine groups is 1. The summed E-state index contributed by atoms with van der Waals surface area (Å²) in [6.45, 7) is 6.37. The molecule has 1 aliphatic carbocycles. The quantitative estimate of drug-likeness (QED) is 0.581. The molecule has 0 radical (unpaired) electrons. The number of amides is 1. The summed E-state index contributed by atoms with van der Waals surface area (Å²) in [5.41, 5.74) is 3.63. The molecule has 1 saturated carbocycles. The molecule has 9 heteroatoms. The van der Waals surface area contributed by atoms with Crippen molar-refractivity contribution in [3.05, 3.63) is 0 Å². The van der Waals surface area contributed by atoms with Crippen LogP contribution in [0, 0.1) is 17.8 Å². The Kier molecular flexibility index (Phi) is 8.86. The van der Waals surface area contributed by atoms with Crippen molar-refractivity contribution in [1.29, 1.82) is 0 Å². The van der Waals surface area contributed by atoms with Crippen LogP contribution in [0.15, 0.2) is 0 Å². The SMILES string of the molecule is CC1NN2CCC(C3CCN(S(=O)(=O)C4CCC(N(C)C)CC4)CC3)CC2C1C(=O)N1CCCCCC1. The van der Waals surface area contributed by atoms with Crippen LogP contribution in [0.2, 0.25) is 0 Å². The molecule has 8 nitrogen and oxygen atoms in total. The third-order valence-corrected chi connectivity index (χ3v) is 12.9. The number of hydrogen-bond donors (Lipinski definition) is 1. The predicted molar refractivity (Wildman–Crippen MR) is 147 cm³/mol. The Morgan fingerprint density at radius 1 is 0.811 bits per heavy atom. The lowest BCUT2D eigenvalue weighted by Gasteiger charge is -2.43. The summed E-state index contributed by atoms with van der Waals surface area (Å²) in [7, 11) is 1.00. The zero-order valence-corrected chi connectivity index (χ0v) is 24.3. The third kappa shape index (κ3) is 5.91. The van der Waals surface area contributed by atoms with Crippen LogP contribution in [-0.4, -0.2) is 104 Å². The maximum atomic E-state index is 13.6. The number of rotatable bonds is 5. The van der Waals surface area contributed by atoms with Crippen LogP contribution in [0.3, 0.4) is 0 Å². The van der Waals surface area contributed by atoms with Gasteiger partial charge in [0.05, 0.1) is 11.2 Å². The maximum Gasteiger partial charge on any atom is 0.228 e. The summed E-state index contributed by atoms with van der Waals surface area (Å²) in [5.74, 6) is 1.56. The first-order valence-electron chi connectivity index (χ1n) is 15.2. The predicted octanol–water partition coefficient (Wildman–Crippen LogP) is 2.91. The van der Waals surface area contributed by atoms with E-state index in [1.54, 1.807) is 0 Å². The molecule has 4 atom stereocenters. The minimum atomic E-state index is -3.20. The van der Waals surface area contributed by atoms with E-state index in [0.29, 0.717) is 36.9 Å². The van der Waals surface area contributed by atoms with Crippen molar-refractivity contribution in [3.63, 3.8) is 0 Å². The topological polar surface area (TPSA) is 76.2 Å². The van der Waals surface area contributed by atoms with Gasteiger partial charge in [0, 0.05) is 50.8 Å². The van der Waals surface area contributed by atoms with Gasteiger partial charge in [0.2, 0.25) is 15.9 Å². The van der Waals surface area contributed by atoms with Crippen molar-refractivity contribution in [2.24, 2.45) is 17.8 Å². The maximum absolute atomic E-state index is 13.6. The van der Waals surface area contributed by atoms with E-state index in [1.807, 2.05) is 4.31 Å². The van der Waals surface area contributed by atoms with Crippen molar-refractivity contribution >= 4 is 15.9 Å². The summed E-state index contributed by atoms with van der Waals surface area (Å²) < 4.78 is 28.7. The highest BCUT2D eigenvalue weighted by atomic mass is 32.2. The average molecular weight is 538 g/mol. The van der Waals surface area contributed by atoms with Crippen LogP contribution in [0.25, 0.3) is 0 Å². The van der Waals surface area contributed by atoms with Crippen LogP contribution in [0.5, 0.6) is 0 Å². The largest absolute Gasteiger partial charge is 0.342 e. The van der Waals surface area contributed by atoms with Gasteiger partial charge in [0.15, 0.2) is 0 Å². The number of carbonyl (C=O) groups is 1. The summed E-state index contributed by atoms with van der Waals surface area (Å²) >= 11 is 0. The lowest BCUT2D eigenvalue weighted by molar-refractivity contribution is -0.137. The van der Waals surface area contributed by atoms with Crippen molar-refractivity contribution in [2.45, 2.75) is 107 Å². The number of sulfonamides is 1. The van der Waals surface area contributed by atoms with E-state index in [2.05, 4.69) is 41.3 Å². The molecular formula is C28H51N5O3S. The molecule has 0 aromatic rings. The second-order valence-electron chi connectivity index (χ2n) is 12.9. The van der Waals surface area contributed by atoms with E-state index in [9.17, 15) is 13.2 Å². The lowest BCUT2D eigenvalue weighted by atomic mass is 9.74. The van der Waals surface area contributed by atoms with Gasteiger partial charge < -0.3 is 9.80 Å². The lowest BCUT2D eigenvalue weighted by Crippen LogP contribution is -2.50. The Bertz CT molecular complexity index is 874. The zero-order chi connectivity index (χ0) is 26.2. The molecule has 5 aliphatic rings. The highest BCUT2D eigenvalue weighted by molar-refractivity contribution is 7.89. The summed E-state index contributed by atoms with van der Waals surface area (Å²) in [4.78, 5) is 18.0. The first-order chi connectivity index (χ1) is 17.8. The summed E-state index contributed by atoms with van der Waals surface area (Å²) in [6, 6.07) is 0.984. The Labute approximate surface area is 225 Å². The first kappa shape index (κ1) is 27.8. The third-order valence-electron chi connectivity index (χ3n) is 10.5. The van der Waals surface area contributed by atoms with Gasteiger partial charge in [-0.3, -0.25) is 10.2 Å². The first-order valence-corrected chi connectivity index (χ1v) is 16.7. The van der Waals surface area contributed by atoms with Gasteiger partial charge in [-0.2, -0.15) is 0 Å². The number of hydrogen-bond acceptors (Lipinski definition) is 6. The Morgan fingerprint density at radius 3 is 2.05 bits per heavy atom. The van der Waals surface area contributed by atoms with Gasteiger partial charge >= 0.3 is 0 Å². The normalized spacial score (nSPS) is 37.5. The molecule has 212 valence electrons. The van der Waals surface area contributed by atoms with E-state index in [0.717, 1.165) is 83.8 Å². The number of piperidine rings is 2. The average Bonchev–Trinajstić information content (AvgIpc) is 3.05. The highest BCUT2D eigenvalue weighted by Gasteiger charge is 2.49. The van der Waals surface area contributed by atoms with Gasteiger partial charge in [-0.1, -0.05) is 12.8 Å². The molecule has 1 N–H and O–H groups in total. The minimum absolute atomic E-state index is 0.0404. The number of nitrogens with zero attached hydrogens (tertiary/aromatic N) is 4. The molecule has 0 spiro atoms. The Balaban J connectivity index is 1.16. The van der Waals surface area contributed by atoms with Crippen molar-refractivity contribution < 1.29 is 13.2 Å². The van der Waals surface area contributed by atoms with E-state index in [1.165, 1.54) is 12.8 Å². The minimum Gasteiger partial charge on any atom is -0.342 e. The smallest absolute Gasteiger partial charge is 0.228 e. The van der Waals surface area contributed by atoms with Crippen molar-refractivity contribution in [1.82, 2.24) is 24.5 Å². The molecule has 0 aromatic heterocycles. The molecule has 4 aliphatic heterocycles. The van der Waals surface area contributed by atoms with E-state index >= 15 is 0 Å². The second-order valence-corrected chi connectivity index (χ2v) is 15.1. The molecule has 0 bridgehead atoms. The molecule has 37 heavy (non-hydrogen) atoms. The molecule has 5 fully saturated rings. The van der Waals surface area contributed by atoms with Crippen LogP contribution in [0.4, 0.5) is 0 Å². The van der Waals surface area contributed by atoms with E-state index in [-0.39, 0.29) is 23.3 Å². The molecule has 1 amide bonds. The number of carbonyl (C=O) groups excluding carboxylic acids is 1. The molecule has 0 aromatic carbocycles. The summed E-state index contributed by atoms with van der Waals surface area (Å²) in [6.07, 6.45) is 12.5. The number of likely N-dealkylation sites (tertiary alicyclic amines) is 1. The fourth-order valence-corrected chi connectivity index (χ4v) is 10.2. The summed E-state index contributed by atoms with van der Waals surface area (Å²) in [5, 5.41) is 2.17. The number of nitrogens with one attached hydrogen (secondary N) is 1. The van der Waals surface area contributed by atoms with Crippen molar-refractivity contribution in [2.75, 3.05) is 46.8 Å². The zero-order valence-electron chi connectivity index (χ0n) is 23.5. The standard InChI is InChI=1S/C28H51N5O3S/c1-21-27(28(34)31-15-6-4-5-7-16-31)26-20-23(14-19-33(26)29-21)22-12-17-32(18-13-22)37(35,36)25-10-8-24(9-11-25)30(2)3/h21-27,29H,4-20H2,1-3H3. The monoisotopic (exact) mass is 537 g/mol. The van der Waals surface area contributed by atoms with Gasteiger partial charge in [-0.05, 0) is 97.1 Å². The van der Waals surface area contributed by atoms with E-state index < -0.39 is 10.0 Å². The molecule has 4 heterocycles. The Morgan fingerprint density at radius 2 is 1.43 bits per heavy atom. The molecule has 4 saturated heterocycles. The second kappa shape index (κ2) is 11.8. The van der Waals surface area contributed by atoms with Gasteiger partial charge in [0.1, 0.15) is 0 Å².